The summed E-state index contributed by atoms with van der Waals surface area (Å²) in [6, 6.07) is 6.07. The maximum absolute atomic E-state index is 10.2. The predicted octanol–water partition coefficient (Wildman–Crippen LogP) is 4.62. The first kappa shape index (κ1) is 13.7. The van der Waals surface area contributed by atoms with Crippen molar-refractivity contribution in [2.24, 2.45) is 5.92 Å². The fraction of sp³-hybridized carbons (Fsp3) is 0.571. The predicted molar refractivity (Wildman–Crippen MR) is 72.5 cm³/mol. The summed E-state index contributed by atoms with van der Waals surface area (Å²) in [5, 5.41) is 10.2. The smallest absolute Gasteiger partial charge is 0.0795 e. The van der Waals surface area contributed by atoms with Crippen molar-refractivity contribution in [3.05, 3.63) is 33.8 Å². The average molecular weight is 285 g/mol. The molecule has 0 spiro atoms. The summed E-state index contributed by atoms with van der Waals surface area (Å²) in [6.07, 6.45) is 2.91. The van der Waals surface area contributed by atoms with Crippen molar-refractivity contribution in [3.63, 3.8) is 0 Å². The molecule has 0 aliphatic carbocycles. The Morgan fingerprint density at radius 3 is 2.62 bits per heavy atom. The highest BCUT2D eigenvalue weighted by Crippen LogP contribution is 2.27. The van der Waals surface area contributed by atoms with Gasteiger partial charge in [0.2, 0.25) is 0 Å². The van der Waals surface area contributed by atoms with Gasteiger partial charge in [-0.15, -0.1) is 0 Å². The standard InChI is InChI=1S/C14H21BrO/c1-4-5-10(2)8-14(16)13-7-6-12(15)9-11(13)3/h6-7,9-10,14,16H,4-5,8H2,1-3H3. The Balaban J connectivity index is 2.69. The van der Waals surface area contributed by atoms with Gasteiger partial charge in [-0.25, -0.2) is 0 Å². The minimum Gasteiger partial charge on any atom is -0.388 e. The van der Waals surface area contributed by atoms with Crippen LogP contribution in [0.5, 0.6) is 0 Å². The van der Waals surface area contributed by atoms with Gasteiger partial charge in [-0.3, -0.25) is 0 Å². The molecule has 0 aliphatic rings. The second-order valence-electron chi connectivity index (χ2n) is 4.65. The van der Waals surface area contributed by atoms with Gasteiger partial charge in [0.05, 0.1) is 6.10 Å². The Morgan fingerprint density at radius 2 is 2.06 bits per heavy atom. The van der Waals surface area contributed by atoms with E-state index in [-0.39, 0.29) is 6.10 Å². The van der Waals surface area contributed by atoms with Crippen LogP contribution in [0.3, 0.4) is 0 Å². The fourth-order valence-electron chi connectivity index (χ4n) is 2.13. The van der Waals surface area contributed by atoms with Crippen LogP contribution in [0.25, 0.3) is 0 Å². The molecule has 1 aromatic carbocycles. The first-order valence-corrected chi connectivity index (χ1v) is 6.78. The van der Waals surface area contributed by atoms with E-state index in [1.165, 1.54) is 12.8 Å². The van der Waals surface area contributed by atoms with Crippen LogP contribution in [0.1, 0.15) is 50.3 Å². The lowest BCUT2D eigenvalue weighted by Gasteiger charge is -2.18. The minimum atomic E-state index is -0.324. The van der Waals surface area contributed by atoms with Crippen LogP contribution in [0.2, 0.25) is 0 Å². The van der Waals surface area contributed by atoms with Crippen molar-refractivity contribution in [3.8, 4) is 0 Å². The molecule has 0 saturated heterocycles. The van der Waals surface area contributed by atoms with Crippen LogP contribution in [-0.2, 0) is 0 Å². The third kappa shape index (κ3) is 3.91. The van der Waals surface area contributed by atoms with E-state index in [1.807, 2.05) is 19.1 Å². The zero-order valence-corrected chi connectivity index (χ0v) is 11.9. The molecule has 0 heterocycles. The van der Waals surface area contributed by atoms with Gasteiger partial charge < -0.3 is 5.11 Å². The monoisotopic (exact) mass is 284 g/mol. The third-order valence-electron chi connectivity index (χ3n) is 3.00. The number of rotatable bonds is 5. The van der Waals surface area contributed by atoms with Crippen molar-refractivity contribution in [1.29, 1.82) is 0 Å². The molecule has 2 heteroatoms. The molecule has 0 bridgehead atoms. The maximum Gasteiger partial charge on any atom is 0.0795 e. The maximum atomic E-state index is 10.2. The molecule has 2 atom stereocenters. The first-order valence-electron chi connectivity index (χ1n) is 5.98. The van der Waals surface area contributed by atoms with Gasteiger partial charge in [0.25, 0.3) is 0 Å². The van der Waals surface area contributed by atoms with E-state index in [0.29, 0.717) is 5.92 Å². The Bertz CT molecular complexity index is 336. The summed E-state index contributed by atoms with van der Waals surface area (Å²) in [4.78, 5) is 0. The van der Waals surface area contributed by atoms with Gasteiger partial charge >= 0.3 is 0 Å². The van der Waals surface area contributed by atoms with E-state index in [1.54, 1.807) is 0 Å². The summed E-state index contributed by atoms with van der Waals surface area (Å²) >= 11 is 3.44. The molecule has 1 nitrogen and oxygen atoms in total. The molecular weight excluding hydrogens is 264 g/mol. The number of aliphatic hydroxyl groups is 1. The summed E-state index contributed by atoms with van der Waals surface area (Å²) in [5.41, 5.74) is 2.22. The van der Waals surface area contributed by atoms with Gasteiger partial charge in [-0.05, 0) is 42.5 Å². The van der Waals surface area contributed by atoms with Crippen LogP contribution in [0.15, 0.2) is 22.7 Å². The summed E-state index contributed by atoms with van der Waals surface area (Å²) in [6.45, 7) is 6.45. The van der Waals surface area contributed by atoms with Gasteiger partial charge in [0.1, 0.15) is 0 Å². The lowest BCUT2D eigenvalue weighted by atomic mass is 9.93. The summed E-state index contributed by atoms with van der Waals surface area (Å²) < 4.78 is 1.07. The molecule has 0 saturated carbocycles. The van der Waals surface area contributed by atoms with E-state index < -0.39 is 0 Å². The van der Waals surface area contributed by atoms with Gasteiger partial charge in [0, 0.05) is 4.47 Å². The molecule has 0 aliphatic heterocycles. The van der Waals surface area contributed by atoms with Gasteiger partial charge in [0.15, 0.2) is 0 Å². The molecule has 0 aromatic heterocycles. The molecular formula is C14H21BrO. The van der Waals surface area contributed by atoms with Crippen LogP contribution in [0.4, 0.5) is 0 Å². The molecule has 2 unspecified atom stereocenters. The number of benzene rings is 1. The van der Waals surface area contributed by atoms with Crippen molar-refractivity contribution < 1.29 is 5.11 Å². The van der Waals surface area contributed by atoms with Gasteiger partial charge in [-0.1, -0.05) is 48.7 Å². The second kappa shape index (κ2) is 6.41. The Morgan fingerprint density at radius 1 is 1.38 bits per heavy atom. The molecule has 90 valence electrons. The van der Waals surface area contributed by atoms with Crippen LogP contribution < -0.4 is 0 Å². The molecule has 0 amide bonds. The molecule has 16 heavy (non-hydrogen) atoms. The van der Waals surface area contributed by atoms with E-state index >= 15 is 0 Å². The quantitative estimate of drug-likeness (QED) is 0.837. The third-order valence-corrected chi connectivity index (χ3v) is 3.49. The van der Waals surface area contributed by atoms with E-state index in [2.05, 4.69) is 35.8 Å². The Hall–Kier alpha value is -0.340. The number of hydrogen-bond acceptors (Lipinski definition) is 1. The largest absolute Gasteiger partial charge is 0.388 e. The van der Waals surface area contributed by atoms with Crippen molar-refractivity contribution in [2.75, 3.05) is 0 Å². The number of aryl methyl sites for hydroxylation is 1. The van der Waals surface area contributed by atoms with Crippen LogP contribution >= 0.6 is 15.9 Å². The minimum absolute atomic E-state index is 0.324. The summed E-state index contributed by atoms with van der Waals surface area (Å²) in [5.74, 6) is 0.586. The highest BCUT2D eigenvalue weighted by atomic mass is 79.9. The topological polar surface area (TPSA) is 20.2 Å². The highest BCUT2D eigenvalue weighted by Gasteiger charge is 2.13. The first-order chi connectivity index (χ1) is 7.54. The fourth-order valence-corrected chi connectivity index (χ4v) is 2.61. The normalized spacial score (nSPS) is 14.8. The van der Waals surface area contributed by atoms with E-state index in [9.17, 15) is 5.11 Å². The van der Waals surface area contributed by atoms with Crippen LogP contribution in [0, 0.1) is 12.8 Å². The van der Waals surface area contributed by atoms with Crippen molar-refractivity contribution in [1.82, 2.24) is 0 Å². The van der Waals surface area contributed by atoms with E-state index in [0.717, 1.165) is 22.0 Å². The number of aliphatic hydroxyl groups excluding tert-OH is 1. The second-order valence-corrected chi connectivity index (χ2v) is 5.56. The average Bonchev–Trinajstić information content (AvgIpc) is 2.17. The lowest BCUT2D eigenvalue weighted by Crippen LogP contribution is -2.06. The number of hydrogen-bond donors (Lipinski definition) is 1. The zero-order chi connectivity index (χ0) is 12.1. The molecule has 1 rings (SSSR count). The lowest BCUT2D eigenvalue weighted by molar-refractivity contribution is 0.144. The SMILES string of the molecule is CCCC(C)CC(O)c1ccc(Br)cc1C. The van der Waals surface area contributed by atoms with E-state index in [4.69, 9.17) is 0 Å². The van der Waals surface area contributed by atoms with Crippen molar-refractivity contribution in [2.45, 2.75) is 46.1 Å². The Labute approximate surface area is 107 Å². The molecule has 1 aromatic rings. The van der Waals surface area contributed by atoms with Gasteiger partial charge in [-0.2, -0.15) is 0 Å². The van der Waals surface area contributed by atoms with Crippen LogP contribution in [-0.4, -0.2) is 5.11 Å². The Kier molecular flexibility index (Phi) is 5.50. The zero-order valence-electron chi connectivity index (χ0n) is 10.3. The summed E-state index contributed by atoms with van der Waals surface area (Å²) in [7, 11) is 0. The van der Waals surface area contributed by atoms with Crippen molar-refractivity contribution >= 4 is 15.9 Å². The molecule has 0 radical (unpaired) electrons. The highest BCUT2D eigenvalue weighted by molar-refractivity contribution is 9.10. The molecule has 1 N–H and O–H groups in total. The number of halogens is 1. The molecule has 0 fully saturated rings.